The number of carbonyl (C=O) groups is 5. The zero-order chi connectivity index (χ0) is 28.8. The van der Waals surface area contributed by atoms with Crippen molar-refractivity contribution in [2.75, 3.05) is 18.4 Å². The van der Waals surface area contributed by atoms with Gasteiger partial charge >= 0.3 is 5.97 Å². The number of carbonyl (C=O) groups excluding carboxylic acids is 4. The first kappa shape index (κ1) is 28.0. The summed E-state index contributed by atoms with van der Waals surface area (Å²) in [5.74, 6) is -3.73. The van der Waals surface area contributed by atoms with Crippen LogP contribution in [0.25, 0.3) is 0 Å². The van der Waals surface area contributed by atoms with Gasteiger partial charge in [-0.1, -0.05) is 0 Å². The minimum Gasteiger partial charge on any atom is -0.480 e. The van der Waals surface area contributed by atoms with Crippen LogP contribution in [0.5, 0.6) is 0 Å². The smallest absolute Gasteiger partial charge is 0.326 e. The minimum absolute atomic E-state index is 0.145. The van der Waals surface area contributed by atoms with E-state index in [2.05, 4.69) is 30.9 Å². The van der Waals surface area contributed by atoms with Gasteiger partial charge in [0.2, 0.25) is 11.9 Å². The van der Waals surface area contributed by atoms with E-state index >= 15 is 0 Å². The molecular weight excluding hydrogens is 526 g/mol. The average Bonchev–Trinajstić information content (AvgIpc) is 3.44. The van der Waals surface area contributed by atoms with E-state index in [1.54, 1.807) is 12.1 Å². The number of aliphatic imine (C=N–C) groups is 3. The van der Waals surface area contributed by atoms with Gasteiger partial charge in [0.25, 0.3) is 17.7 Å². The summed E-state index contributed by atoms with van der Waals surface area (Å²) in [6.45, 7) is 0.537. The van der Waals surface area contributed by atoms with Crippen molar-refractivity contribution in [2.24, 2.45) is 15.0 Å². The lowest BCUT2D eigenvalue weighted by molar-refractivity contribution is -0.143. The van der Waals surface area contributed by atoms with Crippen molar-refractivity contribution in [2.45, 2.75) is 43.8 Å². The molecule has 4 amide bonds. The Labute approximate surface area is 227 Å². The molecule has 3 aliphatic heterocycles. The van der Waals surface area contributed by atoms with Gasteiger partial charge < -0.3 is 20.6 Å². The van der Waals surface area contributed by atoms with Crippen LogP contribution < -0.4 is 21.4 Å². The van der Waals surface area contributed by atoms with Gasteiger partial charge in [0, 0.05) is 24.2 Å². The maximum Gasteiger partial charge on any atom is 0.326 e. The lowest BCUT2D eigenvalue weighted by Crippen LogP contribution is -2.47. The quantitative estimate of drug-likeness (QED) is 0.138. The number of hydroxylamine groups is 1. The number of benzene rings is 1. The van der Waals surface area contributed by atoms with Crippen LogP contribution in [0.15, 0.2) is 39.2 Å². The van der Waals surface area contributed by atoms with E-state index < -0.39 is 47.7 Å². The Bertz CT molecular complexity index is 1320. The van der Waals surface area contributed by atoms with Gasteiger partial charge in [0.1, 0.15) is 12.1 Å². The first-order valence-corrected chi connectivity index (χ1v) is 12.4. The molecular formula is C24H27N9O7. The fourth-order valence-electron chi connectivity index (χ4n) is 4.41. The zero-order valence-corrected chi connectivity index (χ0v) is 21.1. The zero-order valence-electron chi connectivity index (χ0n) is 21.1. The topological polar surface area (TPSA) is 238 Å². The second kappa shape index (κ2) is 12.2. The Morgan fingerprint density at radius 2 is 1.95 bits per heavy atom. The van der Waals surface area contributed by atoms with E-state index in [0.29, 0.717) is 30.8 Å². The molecule has 0 saturated carbocycles. The Hall–Kier alpha value is -4.99. The number of nitrogens with one attached hydrogen (secondary N) is 5. The SMILES string of the molecule is N=C1N=C2N=CC(CNc3ccc(C(=O)N[C@@H](CCC(=O)N4CCC[C@H]4C(=O)NO)C(=O)O)cc3)=NC2C(=O)N1. The van der Waals surface area contributed by atoms with Crippen molar-refractivity contribution < 1.29 is 34.3 Å². The monoisotopic (exact) mass is 553 g/mol. The number of carboxylic acid groups (broad SMARTS) is 1. The number of hydrogen-bond acceptors (Lipinski definition) is 10. The molecule has 0 aliphatic carbocycles. The minimum atomic E-state index is -1.33. The molecule has 1 unspecified atom stereocenters. The summed E-state index contributed by atoms with van der Waals surface area (Å²) in [6, 6.07) is 3.13. The number of likely N-dealkylation sites (tertiary alicyclic amines) is 1. The third-order valence-corrected chi connectivity index (χ3v) is 6.46. The van der Waals surface area contributed by atoms with Crippen LogP contribution in [0.3, 0.4) is 0 Å². The molecule has 3 aliphatic rings. The highest BCUT2D eigenvalue weighted by molar-refractivity contribution is 6.38. The van der Waals surface area contributed by atoms with Crippen LogP contribution in [0.1, 0.15) is 36.0 Å². The molecule has 0 radical (unpaired) electrons. The van der Waals surface area contributed by atoms with Crippen LogP contribution in [0.4, 0.5) is 5.69 Å². The molecule has 1 aromatic rings. The molecule has 16 nitrogen and oxygen atoms in total. The number of rotatable bonds is 10. The van der Waals surface area contributed by atoms with E-state index in [1.165, 1.54) is 28.7 Å². The summed E-state index contributed by atoms with van der Waals surface area (Å²) in [5, 5.41) is 33.6. The van der Waals surface area contributed by atoms with Crippen LogP contribution >= 0.6 is 0 Å². The first-order chi connectivity index (χ1) is 19.2. The summed E-state index contributed by atoms with van der Waals surface area (Å²) < 4.78 is 0. The number of carboxylic acids is 1. The molecule has 0 spiro atoms. The predicted octanol–water partition coefficient (Wildman–Crippen LogP) is -1.08. The summed E-state index contributed by atoms with van der Waals surface area (Å²) in [7, 11) is 0. The molecule has 3 heterocycles. The van der Waals surface area contributed by atoms with Gasteiger partial charge in [-0.25, -0.2) is 15.3 Å². The number of amidine groups is 1. The Balaban J connectivity index is 1.29. The molecule has 1 saturated heterocycles. The number of nitrogens with zero attached hydrogens (tertiary/aromatic N) is 4. The molecule has 0 bridgehead atoms. The molecule has 7 N–H and O–H groups in total. The van der Waals surface area contributed by atoms with Crippen molar-refractivity contribution in [1.29, 1.82) is 5.41 Å². The first-order valence-electron chi connectivity index (χ1n) is 12.4. The Kier molecular flexibility index (Phi) is 8.58. The molecule has 40 heavy (non-hydrogen) atoms. The average molecular weight is 554 g/mol. The predicted molar refractivity (Wildman–Crippen MR) is 141 cm³/mol. The number of amides is 4. The molecule has 0 aromatic heterocycles. The summed E-state index contributed by atoms with van der Waals surface area (Å²) >= 11 is 0. The summed E-state index contributed by atoms with van der Waals surface area (Å²) in [6.07, 6.45) is 2.03. The molecule has 1 aromatic carbocycles. The second-order valence-electron chi connectivity index (χ2n) is 9.14. The lowest BCUT2D eigenvalue weighted by atomic mass is 10.1. The Morgan fingerprint density at radius 3 is 2.65 bits per heavy atom. The van der Waals surface area contributed by atoms with Crippen LogP contribution in [0, 0.1) is 5.41 Å². The van der Waals surface area contributed by atoms with E-state index in [1.807, 2.05) is 0 Å². The highest BCUT2D eigenvalue weighted by atomic mass is 16.5. The number of guanidine groups is 1. The van der Waals surface area contributed by atoms with E-state index in [0.717, 1.165) is 0 Å². The largest absolute Gasteiger partial charge is 0.480 e. The van der Waals surface area contributed by atoms with Crippen molar-refractivity contribution in [3.63, 3.8) is 0 Å². The highest BCUT2D eigenvalue weighted by Crippen LogP contribution is 2.19. The van der Waals surface area contributed by atoms with E-state index in [9.17, 15) is 29.1 Å². The van der Waals surface area contributed by atoms with Gasteiger partial charge in [-0.2, -0.15) is 4.99 Å². The van der Waals surface area contributed by atoms with Crippen molar-refractivity contribution in [3.8, 4) is 0 Å². The molecule has 210 valence electrons. The maximum atomic E-state index is 12.7. The number of anilines is 1. The van der Waals surface area contributed by atoms with Crippen LogP contribution in [0.2, 0.25) is 0 Å². The molecule has 16 heteroatoms. The van der Waals surface area contributed by atoms with Gasteiger partial charge in [-0.3, -0.25) is 40.1 Å². The fraction of sp³-hybridized carbons (Fsp3) is 0.375. The number of aliphatic carboxylic acids is 1. The standard InChI is InChI=1S/C24H27N9O7/c25-24-30-19-18(22(37)31-24)28-14(11-27-19)10-26-13-5-3-12(4-6-13)20(35)29-15(23(38)39)7-8-17(34)33-9-1-2-16(33)21(36)32-40/h3-6,11,15-16,18,26,40H,1-2,7-10H2,(H,29,35)(H,32,36)(H,38,39)(H2,25,31,37)/t15-,16-,18?/m0/s1. The molecule has 4 rings (SSSR count). The van der Waals surface area contributed by atoms with Gasteiger partial charge in [-0.15, -0.1) is 0 Å². The summed E-state index contributed by atoms with van der Waals surface area (Å²) in [4.78, 5) is 74.2. The molecule has 1 fully saturated rings. The van der Waals surface area contributed by atoms with Crippen LogP contribution in [-0.2, 0) is 19.2 Å². The van der Waals surface area contributed by atoms with Crippen LogP contribution in [-0.4, -0.2) is 99.7 Å². The van der Waals surface area contributed by atoms with Gasteiger partial charge in [-0.05, 0) is 43.5 Å². The highest BCUT2D eigenvalue weighted by Gasteiger charge is 2.34. The summed E-state index contributed by atoms with van der Waals surface area (Å²) in [5.41, 5.74) is 2.83. The van der Waals surface area contributed by atoms with Crippen molar-refractivity contribution in [3.05, 3.63) is 29.8 Å². The second-order valence-corrected chi connectivity index (χ2v) is 9.14. The third-order valence-electron chi connectivity index (χ3n) is 6.46. The normalized spacial score (nSPS) is 20.5. The van der Waals surface area contributed by atoms with Crippen molar-refractivity contribution in [1.82, 2.24) is 21.0 Å². The maximum absolute atomic E-state index is 12.7. The van der Waals surface area contributed by atoms with Crippen molar-refractivity contribution >= 4 is 59.0 Å². The van der Waals surface area contributed by atoms with Gasteiger partial charge in [0.15, 0.2) is 11.9 Å². The number of fused-ring (bicyclic) bond motifs is 1. The van der Waals surface area contributed by atoms with E-state index in [4.69, 9.17) is 10.6 Å². The van der Waals surface area contributed by atoms with E-state index in [-0.39, 0.29) is 36.7 Å². The fourth-order valence-corrected chi connectivity index (χ4v) is 4.41. The Morgan fingerprint density at radius 1 is 1.20 bits per heavy atom. The third kappa shape index (κ3) is 6.52. The molecule has 3 atom stereocenters. The van der Waals surface area contributed by atoms with Gasteiger partial charge in [0.05, 0.1) is 18.5 Å². The number of hydrogen-bond donors (Lipinski definition) is 7. The lowest BCUT2D eigenvalue weighted by Gasteiger charge is -2.23.